The zero-order chi connectivity index (χ0) is 29.3. The Balaban J connectivity index is 1.78. The number of nitrogens with one attached hydrogen (secondary N) is 1. The average Bonchev–Trinajstić information content (AvgIpc) is 2.95. The van der Waals surface area contributed by atoms with Crippen LogP contribution >= 0.6 is 0 Å². The first-order valence-electron chi connectivity index (χ1n) is 13.8. The summed E-state index contributed by atoms with van der Waals surface area (Å²) >= 11 is 0. The molecule has 2 aromatic carbocycles. The quantitative estimate of drug-likeness (QED) is 0.356. The van der Waals surface area contributed by atoms with Gasteiger partial charge in [-0.15, -0.1) is 0 Å². The number of nitrogens with zero attached hydrogens (tertiary/aromatic N) is 3. The van der Waals surface area contributed by atoms with Gasteiger partial charge in [-0.2, -0.15) is 8.61 Å². The highest BCUT2D eigenvalue weighted by atomic mass is 32.2. The number of carbonyl (C=O) groups excluding carboxylic acids is 1. The lowest BCUT2D eigenvalue weighted by Gasteiger charge is -2.29. The van der Waals surface area contributed by atoms with Crippen LogP contribution in [0, 0.1) is 5.92 Å². The van der Waals surface area contributed by atoms with Gasteiger partial charge in [0.25, 0.3) is 0 Å². The predicted octanol–water partition coefficient (Wildman–Crippen LogP) is 3.48. The number of methoxy groups -OCH3 is 1. The van der Waals surface area contributed by atoms with Crippen LogP contribution in [0.25, 0.3) is 0 Å². The van der Waals surface area contributed by atoms with E-state index >= 15 is 0 Å². The fourth-order valence-corrected chi connectivity index (χ4v) is 7.54. The maximum atomic E-state index is 13.7. The van der Waals surface area contributed by atoms with Crippen LogP contribution in [0.4, 0.5) is 5.69 Å². The molecule has 1 aliphatic rings. The monoisotopic (exact) mass is 594 g/mol. The van der Waals surface area contributed by atoms with Crippen LogP contribution in [-0.2, 0) is 24.8 Å². The topological polar surface area (TPSA) is 116 Å². The molecule has 3 rings (SSSR count). The van der Waals surface area contributed by atoms with E-state index in [-0.39, 0.29) is 22.9 Å². The summed E-state index contributed by atoms with van der Waals surface area (Å²) in [6, 6.07) is 12.1. The summed E-state index contributed by atoms with van der Waals surface area (Å²) in [4.78, 5) is 15.1. The first-order valence-corrected chi connectivity index (χ1v) is 16.7. The Morgan fingerprint density at radius 3 is 2.05 bits per heavy atom. The molecule has 40 heavy (non-hydrogen) atoms. The Hall–Kier alpha value is -2.51. The number of ether oxygens (including phenoxy) is 1. The maximum absolute atomic E-state index is 13.7. The molecule has 1 saturated heterocycles. The predicted molar refractivity (Wildman–Crippen MR) is 156 cm³/mol. The van der Waals surface area contributed by atoms with Gasteiger partial charge in [0.05, 0.1) is 23.4 Å². The van der Waals surface area contributed by atoms with Gasteiger partial charge in [-0.1, -0.05) is 20.8 Å². The van der Waals surface area contributed by atoms with Crippen molar-refractivity contribution in [1.29, 1.82) is 0 Å². The number of benzene rings is 2. The molecule has 1 heterocycles. The van der Waals surface area contributed by atoms with Crippen molar-refractivity contribution in [3.05, 3.63) is 48.5 Å². The Bertz CT molecular complexity index is 1300. The van der Waals surface area contributed by atoms with Crippen molar-refractivity contribution < 1.29 is 26.4 Å². The fraction of sp³-hybridized carbons (Fsp3) is 0.536. The van der Waals surface area contributed by atoms with E-state index in [0.29, 0.717) is 43.4 Å². The Morgan fingerprint density at radius 2 is 1.50 bits per heavy atom. The van der Waals surface area contributed by atoms with Crippen molar-refractivity contribution >= 4 is 31.6 Å². The largest absolute Gasteiger partial charge is 0.497 e. The summed E-state index contributed by atoms with van der Waals surface area (Å²) in [5.74, 6) is 0.641. The molecule has 0 spiro atoms. The first kappa shape index (κ1) is 32.0. The summed E-state index contributed by atoms with van der Waals surface area (Å²) in [5.41, 5.74) is 0.521. The lowest BCUT2D eigenvalue weighted by atomic mass is 10.0. The molecule has 12 heteroatoms. The van der Waals surface area contributed by atoms with E-state index < -0.39 is 26.0 Å². The molecule has 1 N–H and O–H groups in total. The smallest absolute Gasteiger partial charge is 0.243 e. The van der Waals surface area contributed by atoms with E-state index in [0.717, 1.165) is 30.2 Å². The second-order valence-corrected chi connectivity index (χ2v) is 13.9. The van der Waals surface area contributed by atoms with Crippen LogP contribution < -0.4 is 10.1 Å². The Morgan fingerprint density at radius 1 is 0.925 bits per heavy atom. The van der Waals surface area contributed by atoms with Crippen molar-refractivity contribution in [3.8, 4) is 5.75 Å². The van der Waals surface area contributed by atoms with Crippen molar-refractivity contribution in [2.45, 2.75) is 49.8 Å². The van der Waals surface area contributed by atoms with Gasteiger partial charge in [0, 0.05) is 25.3 Å². The van der Waals surface area contributed by atoms with E-state index in [4.69, 9.17) is 4.74 Å². The number of piperidine rings is 1. The van der Waals surface area contributed by atoms with E-state index in [1.54, 1.807) is 31.4 Å². The number of sulfonamides is 2. The zero-order valence-corrected chi connectivity index (χ0v) is 25.5. The van der Waals surface area contributed by atoms with Gasteiger partial charge in [0.2, 0.25) is 26.0 Å². The molecule has 0 unspecified atom stereocenters. The Kier molecular flexibility index (Phi) is 11.5. The van der Waals surface area contributed by atoms with Crippen LogP contribution in [0.15, 0.2) is 58.3 Å². The van der Waals surface area contributed by atoms with E-state index in [1.807, 2.05) is 13.8 Å². The molecule has 1 amide bonds. The van der Waals surface area contributed by atoms with Crippen LogP contribution in [0.3, 0.4) is 0 Å². The molecule has 2 aromatic rings. The maximum Gasteiger partial charge on any atom is 0.243 e. The molecule has 0 bridgehead atoms. The number of hydrogen-bond donors (Lipinski definition) is 1. The molecule has 0 radical (unpaired) electrons. The third-order valence-corrected chi connectivity index (χ3v) is 11.1. The van der Waals surface area contributed by atoms with Gasteiger partial charge in [-0.25, -0.2) is 16.8 Å². The van der Waals surface area contributed by atoms with Crippen LogP contribution in [0.2, 0.25) is 0 Å². The molecule has 0 saturated carbocycles. The van der Waals surface area contributed by atoms with Gasteiger partial charge >= 0.3 is 0 Å². The van der Waals surface area contributed by atoms with Crippen molar-refractivity contribution in [3.63, 3.8) is 0 Å². The highest BCUT2D eigenvalue weighted by molar-refractivity contribution is 7.89. The van der Waals surface area contributed by atoms with Gasteiger partial charge in [-0.05, 0) is 93.3 Å². The van der Waals surface area contributed by atoms with Crippen LogP contribution in [0.5, 0.6) is 5.75 Å². The number of anilines is 1. The molecule has 0 aliphatic carbocycles. The number of hydrogen-bond acceptors (Lipinski definition) is 7. The minimum absolute atomic E-state index is 0.0567. The number of carbonyl (C=O) groups is 1. The molecule has 222 valence electrons. The molecule has 0 aromatic heterocycles. The third-order valence-electron chi connectivity index (χ3n) is 7.31. The van der Waals surface area contributed by atoms with E-state index in [9.17, 15) is 21.6 Å². The normalized spacial score (nSPS) is 15.4. The molecule has 1 fully saturated rings. The van der Waals surface area contributed by atoms with Gasteiger partial charge < -0.3 is 15.0 Å². The number of rotatable bonds is 14. The van der Waals surface area contributed by atoms with Crippen molar-refractivity contribution in [2.24, 2.45) is 5.92 Å². The third kappa shape index (κ3) is 8.26. The molecule has 1 aliphatic heterocycles. The van der Waals surface area contributed by atoms with Crippen LogP contribution in [0.1, 0.15) is 40.0 Å². The second kappa shape index (κ2) is 14.4. The Labute approximate surface area is 239 Å². The highest BCUT2D eigenvalue weighted by Crippen LogP contribution is 2.25. The lowest BCUT2D eigenvalue weighted by molar-refractivity contribution is -0.116. The SMILES string of the molecule is CCN(CC)CCCN(CC(=O)Nc1ccc(OC)cc1)S(=O)(=O)c1ccc(S(=O)(=O)N2CCC(C)CC2)cc1. The highest BCUT2D eigenvalue weighted by Gasteiger charge is 2.30. The van der Waals surface area contributed by atoms with E-state index in [2.05, 4.69) is 17.1 Å². The zero-order valence-electron chi connectivity index (χ0n) is 23.9. The fourth-order valence-electron chi connectivity index (χ4n) is 4.64. The summed E-state index contributed by atoms with van der Waals surface area (Å²) in [6.45, 7) is 9.22. The van der Waals surface area contributed by atoms with E-state index in [1.165, 1.54) is 28.6 Å². The van der Waals surface area contributed by atoms with Crippen molar-refractivity contribution in [1.82, 2.24) is 13.5 Å². The first-order chi connectivity index (χ1) is 19.0. The summed E-state index contributed by atoms with van der Waals surface area (Å²) < 4.78 is 61.3. The average molecular weight is 595 g/mol. The molecule has 10 nitrogen and oxygen atoms in total. The summed E-state index contributed by atoms with van der Waals surface area (Å²) in [5, 5.41) is 2.74. The summed E-state index contributed by atoms with van der Waals surface area (Å²) in [7, 11) is -6.24. The lowest BCUT2D eigenvalue weighted by Crippen LogP contribution is -2.40. The van der Waals surface area contributed by atoms with Crippen LogP contribution in [-0.4, -0.2) is 89.2 Å². The molecular weight excluding hydrogens is 552 g/mol. The van der Waals surface area contributed by atoms with Gasteiger partial charge in [0.1, 0.15) is 5.75 Å². The summed E-state index contributed by atoms with van der Waals surface area (Å²) in [6.07, 6.45) is 2.13. The minimum Gasteiger partial charge on any atom is -0.497 e. The standard InChI is InChI=1S/C28H42N4O6S2/c1-5-30(6-2)18-7-19-32(22-28(33)29-24-8-10-25(38-4)11-9-24)40(36,37)27-14-12-26(13-15-27)39(34,35)31-20-16-23(3)17-21-31/h8-15,23H,5-7,16-22H2,1-4H3,(H,29,33). The van der Waals surface area contributed by atoms with Crippen molar-refractivity contribution in [2.75, 3.05) is 58.2 Å². The molecular formula is C28H42N4O6S2. The second-order valence-electron chi connectivity index (χ2n) is 10.1. The van der Waals surface area contributed by atoms with Gasteiger partial charge in [0.15, 0.2) is 0 Å². The minimum atomic E-state index is -4.08. The molecule has 0 atom stereocenters. The van der Waals surface area contributed by atoms with Gasteiger partial charge in [-0.3, -0.25) is 4.79 Å². The number of amides is 1.